The van der Waals surface area contributed by atoms with E-state index in [0.717, 1.165) is 59.0 Å². The van der Waals surface area contributed by atoms with Crippen molar-refractivity contribution in [1.82, 2.24) is 48.6 Å². The summed E-state index contributed by atoms with van der Waals surface area (Å²) < 4.78 is 37.4. The molecule has 6 heterocycles. The van der Waals surface area contributed by atoms with Crippen LogP contribution in [-0.4, -0.2) is 153 Å². The molecular weight excluding hydrogens is 1470 g/mol. The Hall–Kier alpha value is -13.8. The standard InChI is InChI=1S/2C23H28N6O2.2C18H14O8/c2*1-23(2,3)22(30)31-15-28-11-9-18-20(25-14-26-21(18)28)17-12-27-29(13-17)19(8-10-24)16-6-4-5-7-16;2*19-15(20)13(25-17(23)11-7-3-1-4-8-11)14(16(21)22)26-18(24)12-9-5-2-6-10-12/h2*9,11-14,16,19H,4-8,15H2,1-3H3;2*1-10,13-14H,(H,19,20)(H,21,22)/t19-;;2*13-,14?/m1.00/s1. The van der Waals surface area contributed by atoms with E-state index in [-0.39, 0.29) is 59.7 Å². The predicted molar refractivity (Wildman–Crippen MR) is 404 cm³/mol. The number of nitriles is 2. The smallest absolute Gasteiger partial charge is 0.349 e. The van der Waals surface area contributed by atoms with Gasteiger partial charge in [0.05, 0.1) is 93.9 Å². The first-order chi connectivity index (χ1) is 54.6. The first-order valence-electron chi connectivity index (χ1n) is 36.3. The highest BCUT2D eigenvalue weighted by molar-refractivity contribution is 5.97. The fourth-order valence-corrected chi connectivity index (χ4v) is 12.5. The molecule has 6 aromatic heterocycles. The molecule has 2 fully saturated rings. The molecule has 2 saturated carbocycles. The lowest BCUT2D eigenvalue weighted by atomic mass is 9.96. The van der Waals surface area contributed by atoms with E-state index in [4.69, 9.17) is 28.4 Å². The molecule has 32 heteroatoms. The number of esters is 6. The van der Waals surface area contributed by atoms with Crippen LogP contribution in [0.4, 0.5) is 0 Å². The van der Waals surface area contributed by atoms with E-state index in [1.165, 1.54) is 135 Å². The lowest BCUT2D eigenvalue weighted by molar-refractivity contribution is -0.166. The van der Waals surface area contributed by atoms with Gasteiger partial charge in [0.25, 0.3) is 0 Å². The summed E-state index contributed by atoms with van der Waals surface area (Å²) in [6.07, 6.45) is 15.8. The van der Waals surface area contributed by atoms with Crippen LogP contribution in [0.1, 0.15) is 159 Å². The second-order valence-electron chi connectivity index (χ2n) is 28.6. The molecule has 0 radical (unpaired) electrons. The third kappa shape index (κ3) is 22.3. The van der Waals surface area contributed by atoms with Gasteiger partial charge in [0.2, 0.25) is 24.4 Å². The largest absolute Gasteiger partial charge is 0.478 e. The summed E-state index contributed by atoms with van der Waals surface area (Å²) in [5, 5.41) is 66.5. The minimum absolute atomic E-state index is 0.0253. The Labute approximate surface area is 653 Å². The Morgan fingerprint density at radius 2 is 0.711 bits per heavy atom. The number of hydrogen-bond donors (Lipinski definition) is 4. The van der Waals surface area contributed by atoms with Crippen molar-refractivity contribution in [3.8, 4) is 34.7 Å². The molecule has 0 aliphatic heterocycles. The Balaban J connectivity index is 0.000000175. The number of aliphatic carboxylic acids is 4. The Morgan fingerprint density at radius 1 is 0.430 bits per heavy atom. The van der Waals surface area contributed by atoms with Gasteiger partial charge in [0.1, 0.15) is 23.9 Å². The SMILES string of the molecule is CC(C)(C)C(=O)OCn1ccc2c(-c3cnn(C(CC#N)C4CCCC4)c3)ncnc21.CC(C)(C)C(=O)OCn1ccc2c(-c3cnn([C@H](CC#N)C4CCCC4)c3)ncnc21.O=C(OC(C(=O)O)[C@H](OC(=O)c1ccccc1)C(=O)O)c1ccccc1.O=C(OC(C(=O)O)[C@H](OC(=O)c1ccccc1)C(=O)O)c1ccccc1. The molecule has 6 atom stereocenters. The molecular formula is C82H84N12O20. The third-order valence-corrected chi connectivity index (χ3v) is 18.4. The first kappa shape index (κ1) is 84.2. The maximum absolute atomic E-state index is 12.1. The van der Waals surface area contributed by atoms with Crippen LogP contribution in [0.25, 0.3) is 44.6 Å². The molecule has 0 saturated heterocycles. The topological polar surface area (TPSA) is 452 Å². The molecule has 12 rings (SSSR count). The van der Waals surface area contributed by atoms with Crippen LogP contribution >= 0.6 is 0 Å². The highest BCUT2D eigenvalue weighted by Gasteiger charge is 2.43. The van der Waals surface area contributed by atoms with Crippen molar-refractivity contribution in [2.24, 2.45) is 22.7 Å². The number of carbonyl (C=O) groups excluding carboxylic acids is 6. The highest BCUT2D eigenvalue weighted by atomic mass is 16.6. The van der Waals surface area contributed by atoms with Gasteiger partial charge < -0.3 is 48.8 Å². The number of carboxylic acids is 4. The van der Waals surface area contributed by atoms with Gasteiger partial charge in [0.15, 0.2) is 13.5 Å². The summed E-state index contributed by atoms with van der Waals surface area (Å²) in [4.78, 5) is 136. The number of benzene rings is 4. The predicted octanol–water partition coefficient (Wildman–Crippen LogP) is 12.2. The zero-order valence-corrected chi connectivity index (χ0v) is 63.1. The molecule has 4 N–H and O–H groups in total. The Morgan fingerprint density at radius 3 is 0.965 bits per heavy atom. The van der Waals surface area contributed by atoms with Gasteiger partial charge in [-0.1, -0.05) is 98.5 Å². The molecule has 32 nitrogen and oxygen atoms in total. The molecule has 2 aliphatic rings. The normalized spacial score (nSPS) is 14.3. The lowest BCUT2D eigenvalue weighted by Gasteiger charge is -2.21. The number of hydrogen-bond acceptors (Lipinski definition) is 24. The number of fused-ring (bicyclic) bond motifs is 2. The van der Waals surface area contributed by atoms with Crippen LogP contribution < -0.4 is 0 Å². The van der Waals surface area contributed by atoms with Crippen LogP contribution in [0.15, 0.2) is 183 Å². The lowest BCUT2D eigenvalue weighted by Crippen LogP contribution is -2.45. The van der Waals surface area contributed by atoms with E-state index in [0.29, 0.717) is 36.0 Å². The second kappa shape index (κ2) is 39.2. The highest BCUT2D eigenvalue weighted by Crippen LogP contribution is 2.39. The molecule has 592 valence electrons. The van der Waals surface area contributed by atoms with E-state index in [1.54, 1.807) is 45.8 Å². The summed E-state index contributed by atoms with van der Waals surface area (Å²) in [6, 6.07) is 38.4. The van der Waals surface area contributed by atoms with Crippen molar-refractivity contribution < 1.29 is 96.8 Å². The van der Waals surface area contributed by atoms with Crippen LogP contribution in [-0.2, 0) is 70.7 Å². The molecule has 10 aromatic rings. The van der Waals surface area contributed by atoms with Crippen molar-refractivity contribution in [2.75, 3.05) is 0 Å². The maximum Gasteiger partial charge on any atom is 0.349 e. The summed E-state index contributed by atoms with van der Waals surface area (Å²) in [7, 11) is 0. The van der Waals surface area contributed by atoms with Crippen LogP contribution in [0, 0.1) is 45.3 Å². The molecule has 114 heavy (non-hydrogen) atoms. The molecule has 0 spiro atoms. The fourth-order valence-electron chi connectivity index (χ4n) is 12.5. The summed E-state index contributed by atoms with van der Waals surface area (Å²) in [5.74, 6) is -10.8. The maximum atomic E-state index is 12.1. The van der Waals surface area contributed by atoms with Gasteiger partial charge in [-0.05, 0) is 140 Å². The first-order valence-corrected chi connectivity index (χ1v) is 36.3. The van der Waals surface area contributed by atoms with Crippen molar-refractivity contribution >= 4 is 81.8 Å². The van der Waals surface area contributed by atoms with Gasteiger partial charge in [-0.3, -0.25) is 28.1 Å². The molecule has 0 bridgehead atoms. The van der Waals surface area contributed by atoms with E-state index in [1.807, 2.05) is 87.8 Å². The van der Waals surface area contributed by atoms with E-state index in [9.17, 15) is 78.9 Å². The van der Waals surface area contributed by atoms with Crippen molar-refractivity contribution in [1.29, 1.82) is 10.5 Å². The quantitative estimate of drug-likeness (QED) is 0.0289. The van der Waals surface area contributed by atoms with E-state index in [2.05, 4.69) is 42.3 Å². The Bertz CT molecular complexity index is 4650. The van der Waals surface area contributed by atoms with Gasteiger partial charge >= 0.3 is 59.7 Å². The number of nitrogens with zero attached hydrogens (tertiary/aromatic N) is 12. The summed E-state index contributed by atoms with van der Waals surface area (Å²) >= 11 is 0. The van der Waals surface area contributed by atoms with Crippen molar-refractivity contribution in [2.45, 2.75) is 156 Å². The number of carboxylic acid groups (broad SMARTS) is 4. The molecule has 0 amide bonds. The minimum Gasteiger partial charge on any atom is -0.478 e. The second-order valence-corrected chi connectivity index (χ2v) is 28.6. The minimum atomic E-state index is -2.21. The monoisotopic (exact) mass is 1560 g/mol. The third-order valence-electron chi connectivity index (χ3n) is 18.4. The van der Waals surface area contributed by atoms with Crippen LogP contribution in [0.5, 0.6) is 0 Å². The number of carbonyl (C=O) groups is 10. The number of ether oxygens (including phenoxy) is 6. The van der Waals surface area contributed by atoms with Gasteiger partial charge in [-0.15, -0.1) is 0 Å². The van der Waals surface area contributed by atoms with E-state index >= 15 is 0 Å². The summed E-state index contributed by atoms with van der Waals surface area (Å²) in [6.45, 7) is 11.2. The number of aromatic nitrogens is 10. The van der Waals surface area contributed by atoms with E-state index < -0.39 is 83.0 Å². The van der Waals surface area contributed by atoms with Crippen LogP contribution in [0.2, 0.25) is 0 Å². The van der Waals surface area contributed by atoms with Gasteiger partial charge in [-0.25, -0.2) is 58.3 Å². The number of rotatable bonds is 26. The van der Waals surface area contributed by atoms with Crippen molar-refractivity contribution in [3.05, 3.63) is 206 Å². The van der Waals surface area contributed by atoms with Gasteiger partial charge in [-0.2, -0.15) is 20.7 Å². The molecule has 4 aromatic carbocycles. The molecule has 2 aliphatic carbocycles. The van der Waals surface area contributed by atoms with Crippen molar-refractivity contribution in [3.63, 3.8) is 0 Å². The zero-order valence-electron chi connectivity index (χ0n) is 63.1. The van der Waals surface area contributed by atoms with Crippen LogP contribution in [0.3, 0.4) is 0 Å². The molecule has 3 unspecified atom stereocenters. The van der Waals surface area contributed by atoms with Gasteiger partial charge in [0, 0.05) is 46.7 Å². The Kier molecular flexibility index (Phi) is 29.0. The average molecular weight is 1560 g/mol. The average Bonchev–Trinajstić information content (AvgIpc) is 1.64. The zero-order chi connectivity index (χ0) is 82.2. The fraction of sp³-hybridized carbons (Fsp3) is 0.341. The summed E-state index contributed by atoms with van der Waals surface area (Å²) in [5.41, 5.74) is 3.71.